The lowest BCUT2D eigenvalue weighted by Crippen LogP contribution is -2.55. The third kappa shape index (κ3) is 4.93. The SMILES string of the molecule is COC(=O)OCOc1c2n(ccc1=O)N1CN(CC/C=C/COc3ccccc3C1c1ccccc1)C2=O. The molecular formula is C28H27N3O7. The number of aromatic nitrogens is 1. The Labute approximate surface area is 219 Å². The molecule has 196 valence electrons. The van der Waals surface area contributed by atoms with E-state index < -0.39 is 18.4 Å². The molecule has 3 heterocycles. The van der Waals surface area contributed by atoms with Crippen LogP contribution in [-0.2, 0) is 9.47 Å². The molecule has 1 amide bonds. The first-order chi connectivity index (χ1) is 18.6. The molecule has 10 nitrogen and oxygen atoms in total. The molecule has 1 aromatic heterocycles. The zero-order chi connectivity index (χ0) is 26.5. The second-order valence-corrected chi connectivity index (χ2v) is 8.63. The van der Waals surface area contributed by atoms with Crippen LogP contribution < -0.4 is 19.9 Å². The fourth-order valence-electron chi connectivity index (χ4n) is 4.63. The summed E-state index contributed by atoms with van der Waals surface area (Å²) in [4.78, 5) is 39.7. The van der Waals surface area contributed by atoms with Gasteiger partial charge in [-0.25, -0.2) is 4.79 Å². The van der Waals surface area contributed by atoms with Gasteiger partial charge in [0.15, 0.2) is 5.69 Å². The Kier molecular flexibility index (Phi) is 7.30. The van der Waals surface area contributed by atoms with Gasteiger partial charge < -0.3 is 23.8 Å². The number of carbonyl (C=O) groups is 2. The second-order valence-electron chi connectivity index (χ2n) is 8.63. The number of rotatable bonds is 4. The van der Waals surface area contributed by atoms with Crippen molar-refractivity contribution < 1.29 is 28.5 Å². The van der Waals surface area contributed by atoms with Gasteiger partial charge >= 0.3 is 6.16 Å². The average Bonchev–Trinajstić information content (AvgIpc) is 2.94. The number of hydrogen-bond acceptors (Lipinski definition) is 8. The van der Waals surface area contributed by atoms with E-state index in [1.807, 2.05) is 71.8 Å². The number of ether oxygens (including phenoxy) is 4. The fraction of sp³-hybridized carbons (Fsp3) is 0.250. The highest BCUT2D eigenvalue weighted by Gasteiger charge is 2.37. The summed E-state index contributed by atoms with van der Waals surface area (Å²) in [7, 11) is 1.16. The van der Waals surface area contributed by atoms with E-state index in [0.717, 1.165) is 18.2 Å². The Morgan fingerprint density at radius 3 is 2.63 bits per heavy atom. The molecule has 10 heteroatoms. The molecule has 2 aromatic carbocycles. The van der Waals surface area contributed by atoms with Crippen LogP contribution in [0.5, 0.6) is 11.5 Å². The minimum absolute atomic E-state index is 0.0394. The number of para-hydroxylation sites is 1. The Morgan fingerprint density at radius 2 is 1.82 bits per heavy atom. The third-order valence-electron chi connectivity index (χ3n) is 6.36. The van der Waals surface area contributed by atoms with Crippen molar-refractivity contribution in [2.24, 2.45) is 0 Å². The van der Waals surface area contributed by atoms with E-state index in [0.29, 0.717) is 25.3 Å². The van der Waals surface area contributed by atoms with Gasteiger partial charge in [0.05, 0.1) is 7.11 Å². The van der Waals surface area contributed by atoms with Gasteiger partial charge in [-0.05, 0) is 18.1 Å². The second kappa shape index (κ2) is 11.1. The Bertz CT molecular complexity index is 1400. The standard InChI is InChI=1S/C28H27N3O7/c1-35-28(34)38-19-37-26-22(32)14-16-30-25(26)27(33)29-15-8-3-9-17-36-23-13-7-6-12-21(23)24(31(30)18-29)20-10-4-2-5-11-20/h2-7,9-14,16,24H,8,15,17-19H2,1H3/b9-3+. The molecule has 2 aliphatic heterocycles. The van der Waals surface area contributed by atoms with Crippen molar-refractivity contribution in [1.29, 1.82) is 0 Å². The summed E-state index contributed by atoms with van der Waals surface area (Å²) in [5.41, 5.74) is 1.38. The van der Waals surface area contributed by atoms with Gasteiger partial charge in [-0.2, -0.15) is 0 Å². The molecule has 0 saturated heterocycles. The molecule has 2 bridgehead atoms. The molecule has 0 aliphatic carbocycles. The predicted octanol–water partition coefficient (Wildman–Crippen LogP) is 3.45. The molecule has 1 atom stereocenters. The smallest absolute Gasteiger partial charge is 0.489 e. The molecule has 3 aromatic rings. The Balaban J connectivity index is 1.69. The summed E-state index contributed by atoms with van der Waals surface area (Å²) in [5, 5.41) is 1.99. The fourth-order valence-corrected chi connectivity index (χ4v) is 4.63. The van der Waals surface area contributed by atoms with E-state index >= 15 is 0 Å². The van der Waals surface area contributed by atoms with Gasteiger partial charge in [0, 0.05) is 24.4 Å². The van der Waals surface area contributed by atoms with Gasteiger partial charge in [0.1, 0.15) is 25.1 Å². The lowest BCUT2D eigenvalue weighted by atomic mass is 9.97. The summed E-state index contributed by atoms with van der Waals surface area (Å²) < 4.78 is 22.6. The van der Waals surface area contributed by atoms with Crippen molar-refractivity contribution in [3.63, 3.8) is 0 Å². The highest BCUT2D eigenvalue weighted by Crippen LogP contribution is 2.37. The molecular weight excluding hydrogens is 490 g/mol. The van der Waals surface area contributed by atoms with Crippen LogP contribution in [0.2, 0.25) is 0 Å². The molecule has 0 radical (unpaired) electrons. The van der Waals surface area contributed by atoms with Crippen molar-refractivity contribution >= 4 is 12.1 Å². The highest BCUT2D eigenvalue weighted by molar-refractivity contribution is 5.96. The van der Waals surface area contributed by atoms with Gasteiger partial charge in [0.2, 0.25) is 18.0 Å². The van der Waals surface area contributed by atoms with Crippen molar-refractivity contribution in [3.8, 4) is 11.5 Å². The largest absolute Gasteiger partial charge is 0.510 e. The zero-order valence-electron chi connectivity index (χ0n) is 20.8. The van der Waals surface area contributed by atoms with E-state index in [1.54, 1.807) is 15.8 Å². The Morgan fingerprint density at radius 1 is 1.03 bits per heavy atom. The first-order valence-electron chi connectivity index (χ1n) is 12.2. The zero-order valence-corrected chi connectivity index (χ0v) is 20.8. The van der Waals surface area contributed by atoms with Gasteiger partial charge in [0.25, 0.3) is 5.91 Å². The van der Waals surface area contributed by atoms with Crippen LogP contribution >= 0.6 is 0 Å². The number of benzene rings is 2. The highest BCUT2D eigenvalue weighted by atomic mass is 16.8. The molecule has 1 unspecified atom stereocenters. The summed E-state index contributed by atoms with van der Waals surface area (Å²) >= 11 is 0. The molecule has 0 N–H and O–H groups in total. The number of amides is 1. The van der Waals surface area contributed by atoms with E-state index in [-0.39, 0.29) is 30.1 Å². The number of methoxy groups -OCH3 is 1. The number of pyridine rings is 1. The van der Waals surface area contributed by atoms with E-state index in [1.165, 1.54) is 6.07 Å². The quantitative estimate of drug-likeness (QED) is 0.295. The van der Waals surface area contributed by atoms with Crippen LogP contribution in [0.15, 0.2) is 83.8 Å². The topological polar surface area (TPSA) is 99.5 Å². The minimum atomic E-state index is -0.966. The monoisotopic (exact) mass is 517 g/mol. The van der Waals surface area contributed by atoms with Crippen LogP contribution in [0.25, 0.3) is 0 Å². The number of nitrogens with zero attached hydrogens (tertiary/aromatic N) is 3. The van der Waals surface area contributed by atoms with Crippen LogP contribution in [0.4, 0.5) is 4.79 Å². The average molecular weight is 518 g/mol. The summed E-state index contributed by atoms with van der Waals surface area (Å²) in [6.45, 7) is 0.465. The van der Waals surface area contributed by atoms with Gasteiger partial charge in [-0.1, -0.05) is 60.7 Å². The van der Waals surface area contributed by atoms with Gasteiger partial charge in [-0.15, -0.1) is 0 Å². The summed E-state index contributed by atoms with van der Waals surface area (Å²) in [6.07, 6.45) is 5.08. The molecule has 0 fully saturated rings. The van der Waals surface area contributed by atoms with Crippen molar-refractivity contribution in [2.45, 2.75) is 12.5 Å². The van der Waals surface area contributed by atoms with E-state index in [9.17, 15) is 14.4 Å². The molecule has 38 heavy (non-hydrogen) atoms. The maximum atomic E-state index is 13.7. The van der Waals surface area contributed by atoms with E-state index in [4.69, 9.17) is 14.2 Å². The number of fused-ring (bicyclic) bond motifs is 5. The van der Waals surface area contributed by atoms with Gasteiger partial charge in [-0.3, -0.25) is 19.3 Å². The first-order valence-corrected chi connectivity index (χ1v) is 12.2. The minimum Gasteiger partial charge on any atom is -0.489 e. The maximum Gasteiger partial charge on any atom is 0.510 e. The molecule has 0 saturated carbocycles. The van der Waals surface area contributed by atoms with Crippen molar-refractivity contribution in [1.82, 2.24) is 9.58 Å². The normalized spacial score (nSPS) is 17.6. The summed E-state index contributed by atoms with van der Waals surface area (Å²) in [5.74, 6) is 0.129. The van der Waals surface area contributed by atoms with Crippen LogP contribution in [-0.4, -0.2) is 55.4 Å². The molecule has 0 spiro atoms. The number of carbonyl (C=O) groups excluding carboxylic acids is 2. The van der Waals surface area contributed by atoms with Crippen LogP contribution in [0.3, 0.4) is 0 Å². The van der Waals surface area contributed by atoms with E-state index in [2.05, 4.69) is 4.74 Å². The Hall–Kier alpha value is -4.73. The maximum absolute atomic E-state index is 13.7. The lowest BCUT2D eigenvalue weighted by Gasteiger charge is -2.44. The third-order valence-corrected chi connectivity index (χ3v) is 6.36. The lowest BCUT2D eigenvalue weighted by molar-refractivity contribution is 0.0134. The molecule has 5 rings (SSSR count). The van der Waals surface area contributed by atoms with Crippen LogP contribution in [0, 0.1) is 0 Å². The van der Waals surface area contributed by atoms with Crippen LogP contribution in [0.1, 0.15) is 34.1 Å². The predicted molar refractivity (Wildman–Crippen MR) is 138 cm³/mol. The van der Waals surface area contributed by atoms with Crippen molar-refractivity contribution in [3.05, 3.63) is 106 Å². The van der Waals surface area contributed by atoms with Crippen molar-refractivity contribution in [2.75, 3.05) is 38.7 Å². The summed E-state index contributed by atoms with van der Waals surface area (Å²) in [6, 6.07) is 18.6. The number of hydrogen-bond donors (Lipinski definition) is 0. The first kappa shape index (κ1) is 24.9. The molecule has 2 aliphatic rings.